The Morgan fingerprint density at radius 3 is 2.44 bits per heavy atom. The van der Waals surface area contributed by atoms with Crippen LogP contribution in [-0.4, -0.2) is 95.0 Å². The zero-order valence-electron chi connectivity index (χ0n) is 29.5. The van der Waals surface area contributed by atoms with E-state index < -0.39 is 92.0 Å². The van der Waals surface area contributed by atoms with Crippen LogP contribution in [0.2, 0.25) is 0 Å². The van der Waals surface area contributed by atoms with E-state index in [1.165, 1.54) is 23.1 Å². The molecule has 1 unspecified atom stereocenters. The number of ketones is 1. The van der Waals surface area contributed by atoms with Crippen LogP contribution in [-0.2, 0) is 51.8 Å². The molecule has 3 fully saturated rings. The third-order valence-corrected chi connectivity index (χ3v) is 12.0. The van der Waals surface area contributed by atoms with Crippen LogP contribution >= 0.6 is 0 Å². The van der Waals surface area contributed by atoms with Crippen molar-refractivity contribution in [3.05, 3.63) is 47.3 Å². The molecule has 5 amide bonds. The molecule has 1 aromatic carbocycles. The normalized spacial score (nSPS) is 27.1. The molecule has 0 spiro atoms. The molecule has 1 aromatic rings. The van der Waals surface area contributed by atoms with Gasteiger partial charge in [-0.1, -0.05) is 31.6 Å². The second-order valence-corrected chi connectivity index (χ2v) is 17.2. The first-order valence-electron chi connectivity index (χ1n) is 17.5. The number of carbonyl (C=O) groups excluding carboxylic acids is 6. The fourth-order valence-corrected chi connectivity index (χ4v) is 8.58. The van der Waals surface area contributed by atoms with Crippen molar-refractivity contribution < 1.29 is 51.0 Å². The molecule has 5 aliphatic rings. The number of carbonyl (C=O) groups is 6. The van der Waals surface area contributed by atoms with Gasteiger partial charge in [0.25, 0.3) is 5.91 Å². The van der Waals surface area contributed by atoms with Crippen LogP contribution in [0.15, 0.2) is 30.4 Å². The second kappa shape index (κ2) is 13.8. The lowest BCUT2D eigenvalue weighted by molar-refractivity contribution is -0.143. The first-order chi connectivity index (χ1) is 24.4. The van der Waals surface area contributed by atoms with Crippen LogP contribution < -0.4 is 15.4 Å². The van der Waals surface area contributed by atoms with E-state index in [1.807, 2.05) is 0 Å². The molecule has 2 heterocycles. The van der Waals surface area contributed by atoms with Gasteiger partial charge in [0.15, 0.2) is 5.78 Å². The third-order valence-electron chi connectivity index (χ3n) is 10.2. The van der Waals surface area contributed by atoms with Crippen molar-refractivity contribution in [3.8, 4) is 0 Å². The summed E-state index contributed by atoms with van der Waals surface area (Å²) >= 11 is 0. The molecule has 2 saturated carbocycles. The minimum absolute atomic E-state index is 0.0431. The van der Waals surface area contributed by atoms with Gasteiger partial charge >= 0.3 is 12.2 Å². The Morgan fingerprint density at radius 2 is 1.85 bits per heavy atom. The lowest BCUT2D eigenvalue weighted by Crippen LogP contribution is -2.59. The number of hydrogen-bond acceptors (Lipinski definition) is 10. The second-order valence-electron chi connectivity index (χ2n) is 15.2. The maximum atomic E-state index is 14.4. The number of sulfonamides is 1. The smallest absolute Gasteiger partial charge is 0.410 e. The van der Waals surface area contributed by atoms with E-state index in [1.54, 1.807) is 39.8 Å². The molecule has 0 radical (unpaired) electrons. The van der Waals surface area contributed by atoms with E-state index in [0.717, 1.165) is 4.90 Å². The van der Waals surface area contributed by atoms with Gasteiger partial charge in [0.1, 0.15) is 35.1 Å². The lowest BCUT2D eigenvalue weighted by Gasteiger charge is -2.32. The van der Waals surface area contributed by atoms with Gasteiger partial charge in [0.2, 0.25) is 21.8 Å². The maximum Gasteiger partial charge on any atom is 0.410 e. The summed E-state index contributed by atoms with van der Waals surface area (Å²) in [6, 6.07) is 1.71. The van der Waals surface area contributed by atoms with Crippen LogP contribution in [0.25, 0.3) is 0 Å². The molecule has 3 aliphatic carbocycles. The molecule has 3 N–H and O–H groups in total. The summed E-state index contributed by atoms with van der Waals surface area (Å²) in [6.07, 6.45) is 1.40. The zero-order valence-corrected chi connectivity index (χ0v) is 30.3. The van der Waals surface area contributed by atoms with Crippen molar-refractivity contribution in [3.63, 3.8) is 0 Å². The summed E-state index contributed by atoms with van der Waals surface area (Å²) < 4.78 is 53.0. The predicted molar refractivity (Wildman–Crippen MR) is 181 cm³/mol. The van der Waals surface area contributed by atoms with Crippen LogP contribution in [0, 0.1) is 17.7 Å². The Morgan fingerprint density at radius 1 is 1.12 bits per heavy atom. The van der Waals surface area contributed by atoms with Crippen molar-refractivity contribution in [2.75, 3.05) is 6.54 Å². The van der Waals surface area contributed by atoms with Gasteiger partial charge in [-0.3, -0.25) is 28.8 Å². The van der Waals surface area contributed by atoms with E-state index in [-0.39, 0.29) is 44.8 Å². The molecule has 2 aliphatic heterocycles. The van der Waals surface area contributed by atoms with E-state index in [0.29, 0.717) is 30.4 Å². The molecule has 1 saturated heterocycles. The topological polar surface area (TPSA) is 198 Å². The number of ether oxygens (including phenoxy) is 2. The molecule has 282 valence electrons. The number of fused-ring (bicyclic) bond motifs is 1. The highest BCUT2D eigenvalue weighted by molar-refractivity contribution is 7.91. The van der Waals surface area contributed by atoms with Crippen LogP contribution in [0.5, 0.6) is 0 Å². The Bertz CT molecular complexity index is 1830. The summed E-state index contributed by atoms with van der Waals surface area (Å²) in [4.78, 5) is 83.6. The van der Waals surface area contributed by atoms with Crippen molar-refractivity contribution >= 4 is 45.7 Å². The number of allylic oxidation sites excluding steroid dienone is 2. The predicted octanol–water partition coefficient (Wildman–Crippen LogP) is 2.18. The summed E-state index contributed by atoms with van der Waals surface area (Å²) in [5, 5.41) is 4.55. The Kier molecular flexibility index (Phi) is 9.87. The number of halogens is 1. The van der Waals surface area contributed by atoms with Crippen LogP contribution in [0.1, 0.15) is 77.3 Å². The number of benzene rings is 1. The highest BCUT2D eigenvalue weighted by Gasteiger charge is 2.62. The zero-order chi connectivity index (χ0) is 37.7. The third kappa shape index (κ3) is 7.64. The minimum atomic E-state index is -3.93. The summed E-state index contributed by atoms with van der Waals surface area (Å²) in [5.74, 6) is -4.77. The SMILES string of the molecule is CC[C@@H]1C[C@]1(NC(=O)[C@@H]1C[C@@H](OC(=O)N2Cc3cccc(F)c3C2)CN1C(=O)[C@@H](NC(=O)OC(C)(C)C)C1CC=CC1=O)C(=O)NS(=O)(=O)C1CC1. The molecular formula is C35H44FN5O10S. The van der Waals surface area contributed by atoms with E-state index >= 15 is 0 Å². The minimum Gasteiger partial charge on any atom is -0.444 e. The number of hydrogen-bond donors (Lipinski definition) is 3. The molecule has 0 bridgehead atoms. The Hall–Kier alpha value is -4.54. The van der Waals surface area contributed by atoms with Gasteiger partial charge < -0.3 is 25.0 Å². The lowest BCUT2D eigenvalue weighted by atomic mass is 9.94. The number of nitrogens with one attached hydrogen (secondary N) is 3. The summed E-state index contributed by atoms with van der Waals surface area (Å²) in [5.41, 5.74) is -1.52. The van der Waals surface area contributed by atoms with Gasteiger partial charge in [-0.25, -0.2) is 22.4 Å². The van der Waals surface area contributed by atoms with Gasteiger partial charge in [0.05, 0.1) is 24.3 Å². The van der Waals surface area contributed by atoms with Crippen LogP contribution in [0.3, 0.4) is 0 Å². The first kappa shape index (κ1) is 37.2. The standard InChI is InChI=1S/C35H44FN5O10S/c1-5-20-15-35(20,31(45)39-52(48,49)22-12-13-22)38-29(43)26-14-21(50-33(47)40-16-19-8-6-10-25(36)24(19)18-40)17-41(26)30(44)28(23-9-7-11-27(23)42)37-32(46)51-34(2,3)4/h6-8,10-11,20-23,26,28H,5,9,12-18H2,1-4H3,(H,37,46)(H,38,43)(H,39,45)/t20-,21-,23?,26+,28+,35-/m1/s1. The highest BCUT2D eigenvalue weighted by Crippen LogP contribution is 2.47. The van der Waals surface area contributed by atoms with E-state index in [2.05, 4.69) is 15.4 Å². The largest absolute Gasteiger partial charge is 0.444 e. The number of amides is 5. The van der Waals surface area contributed by atoms with Crippen molar-refractivity contribution in [2.45, 2.75) is 114 Å². The number of rotatable bonds is 10. The molecule has 17 heteroatoms. The Balaban J connectivity index is 1.25. The average molecular weight is 746 g/mol. The van der Waals surface area contributed by atoms with Gasteiger partial charge in [-0.05, 0) is 70.1 Å². The number of alkyl carbamates (subject to hydrolysis) is 1. The van der Waals surface area contributed by atoms with E-state index in [9.17, 15) is 41.6 Å². The monoisotopic (exact) mass is 745 g/mol. The van der Waals surface area contributed by atoms with Crippen molar-refractivity contribution in [1.82, 2.24) is 25.2 Å². The van der Waals surface area contributed by atoms with Gasteiger partial charge in [-0.15, -0.1) is 0 Å². The quantitative estimate of drug-likeness (QED) is 0.319. The molecule has 6 atom stereocenters. The maximum absolute atomic E-state index is 14.4. The van der Waals surface area contributed by atoms with Crippen LogP contribution in [0.4, 0.5) is 14.0 Å². The fraction of sp³-hybridized carbons (Fsp3) is 0.600. The molecular weight excluding hydrogens is 701 g/mol. The Labute approximate surface area is 301 Å². The summed E-state index contributed by atoms with van der Waals surface area (Å²) in [6.45, 7) is 6.41. The van der Waals surface area contributed by atoms with Crippen molar-refractivity contribution in [2.24, 2.45) is 11.8 Å². The fourth-order valence-electron chi connectivity index (χ4n) is 7.22. The average Bonchev–Trinajstić information content (AvgIpc) is 3.89. The van der Waals surface area contributed by atoms with Crippen molar-refractivity contribution in [1.29, 1.82) is 0 Å². The molecule has 0 aromatic heterocycles. The molecule has 52 heavy (non-hydrogen) atoms. The van der Waals surface area contributed by atoms with Gasteiger partial charge in [-0.2, -0.15) is 0 Å². The van der Waals surface area contributed by atoms with Gasteiger partial charge in [0, 0.05) is 18.5 Å². The molecule has 15 nitrogen and oxygen atoms in total. The number of likely N-dealkylation sites (tertiary alicyclic amines) is 1. The molecule has 6 rings (SSSR count). The highest BCUT2D eigenvalue weighted by atomic mass is 32.2. The first-order valence-corrected chi connectivity index (χ1v) is 19.1. The van der Waals surface area contributed by atoms with E-state index in [4.69, 9.17) is 9.47 Å². The summed E-state index contributed by atoms with van der Waals surface area (Å²) in [7, 11) is -3.93. The number of nitrogens with zero attached hydrogens (tertiary/aromatic N) is 2.